The maximum absolute atomic E-state index is 6.86. The summed E-state index contributed by atoms with van der Waals surface area (Å²) in [4.78, 5) is 2.34. The van der Waals surface area contributed by atoms with Crippen LogP contribution >= 0.6 is 0 Å². The molecule has 0 aliphatic carbocycles. The highest BCUT2D eigenvalue weighted by Gasteiger charge is 2.23. The van der Waals surface area contributed by atoms with E-state index in [4.69, 9.17) is 8.83 Å². The monoisotopic (exact) mass is 627 g/mol. The molecule has 0 aliphatic heterocycles. The molecular weight excluding hydrogens is 599 g/mol. The Labute approximate surface area is 282 Å². The minimum absolute atomic E-state index is 0.839. The topological polar surface area (TPSA) is 29.5 Å². The smallest absolute Gasteiger partial charge is 0.143 e. The summed E-state index contributed by atoms with van der Waals surface area (Å²) in [5.74, 6) is 0. The van der Waals surface area contributed by atoms with Crippen molar-refractivity contribution in [1.82, 2.24) is 0 Å². The molecule has 0 fully saturated rings. The van der Waals surface area contributed by atoms with Crippen molar-refractivity contribution in [3.05, 3.63) is 176 Å². The van der Waals surface area contributed by atoms with Gasteiger partial charge >= 0.3 is 0 Å². The number of rotatable bonds is 5. The zero-order valence-corrected chi connectivity index (χ0v) is 26.5. The molecule has 10 rings (SSSR count). The van der Waals surface area contributed by atoms with Crippen molar-refractivity contribution in [1.29, 1.82) is 0 Å². The van der Waals surface area contributed by atoms with E-state index in [0.29, 0.717) is 0 Å². The molecule has 2 aromatic heterocycles. The molecule has 10 aromatic rings. The Morgan fingerprint density at radius 3 is 1.78 bits per heavy atom. The number of hydrogen-bond acceptors (Lipinski definition) is 3. The Kier molecular flexibility index (Phi) is 6.18. The van der Waals surface area contributed by atoms with Gasteiger partial charge in [0, 0.05) is 44.2 Å². The molecule has 0 spiro atoms. The first-order valence-corrected chi connectivity index (χ1v) is 16.6. The predicted octanol–water partition coefficient (Wildman–Crippen LogP) is 13.4. The molecule has 0 N–H and O–H groups in total. The van der Waals surface area contributed by atoms with Crippen LogP contribution in [0.2, 0.25) is 0 Å². The van der Waals surface area contributed by atoms with Crippen LogP contribution in [0.4, 0.5) is 17.1 Å². The molecule has 49 heavy (non-hydrogen) atoms. The Hall–Kier alpha value is -6.58. The summed E-state index contributed by atoms with van der Waals surface area (Å²) in [6.45, 7) is 0. The highest BCUT2D eigenvalue weighted by Crippen LogP contribution is 2.47. The third-order valence-corrected chi connectivity index (χ3v) is 9.65. The van der Waals surface area contributed by atoms with Gasteiger partial charge in [-0.05, 0) is 82.1 Å². The Bertz CT molecular complexity index is 2810. The minimum Gasteiger partial charge on any atom is -0.456 e. The Morgan fingerprint density at radius 2 is 0.959 bits per heavy atom. The highest BCUT2D eigenvalue weighted by atomic mass is 16.3. The molecule has 3 heteroatoms. The summed E-state index contributed by atoms with van der Waals surface area (Å²) in [5.41, 5.74) is 11.2. The molecule has 0 saturated heterocycles. The normalized spacial score (nSPS) is 11.7. The number of fused-ring (bicyclic) bond motifs is 8. The van der Waals surface area contributed by atoms with Gasteiger partial charge in [0.15, 0.2) is 0 Å². The van der Waals surface area contributed by atoms with Gasteiger partial charge < -0.3 is 13.7 Å². The molecule has 0 atom stereocenters. The fourth-order valence-corrected chi connectivity index (χ4v) is 7.42. The summed E-state index contributed by atoms with van der Waals surface area (Å²) in [5, 5.41) is 6.64. The van der Waals surface area contributed by atoms with Crippen molar-refractivity contribution >= 4 is 71.7 Å². The molecule has 0 aliphatic rings. The third-order valence-electron chi connectivity index (χ3n) is 9.65. The van der Waals surface area contributed by atoms with E-state index in [1.165, 1.54) is 21.9 Å². The van der Waals surface area contributed by atoms with E-state index in [2.05, 4.69) is 157 Å². The maximum Gasteiger partial charge on any atom is 0.143 e. The summed E-state index contributed by atoms with van der Waals surface area (Å²) >= 11 is 0. The van der Waals surface area contributed by atoms with Crippen LogP contribution in [0, 0.1) is 0 Å². The maximum atomic E-state index is 6.86. The molecule has 0 bridgehead atoms. The molecule has 3 nitrogen and oxygen atoms in total. The summed E-state index contributed by atoms with van der Waals surface area (Å²) in [6, 6.07) is 62.0. The van der Waals surface area contributed by atoms with Gasteiger partial charge in [0.25, 0.3) is 0 Å². The minimum atomic E-state index is 0.839. The quantitative estimate of drug-likeness (QED) is 0.190. The number of anilines is 3. The molecule has 0 radical (unpaired) electrons. The van der Waals surface area contributed by atoms with E-state index in [1.54, 1.807) is 0 Å². The van der Waals surface area contributed by atoms with Gasteiger partial charge in [-0.3, -0.25) is 0 Å². The van der Waals surface area contributed by atoms with Crippen molar-refractivity contribution in [2.45, 2.75) is 0 Å². The fraction of sp³-hybridized carbons (Fsp3) is 0. The van der Waals surface area contributed by atoms with Gasteiger partial charge in [0.05, 0.1) is 0 Å². The molecule has 0 saturated carbocycles. The zero-order valence-electron chi connectivity index (χ0n) is 26.5. The van der Waals surface area contributed by atoms with Crippen molar-refractivity contribution in [2.75, 3.05) is 4.90 Å². The lowest BCUT2D eigenvalue weighted by atomic mass is 9.95. The lowest BCUT2D eigenvalue weighted by Gasteiger charge is -2.26. The number of para-hydroxylation sites is 2. The van der Waals surface area contributed by atoms with Gasteiger partial charge in [0.1, 0.15) is 22.3 Å². The van der Waals surface area contributed by atoms with E-state index in [9.17, 15) is 0 Å². The predicted molar refractivity (Wildman–Crippen MR) is 204 cm³/mol. The number of benzene rings is 8. The van der Waals surface area contributed by atoms with E-state index >= 15 is 0 Å². The second kappa shape index (κ2) is 11.0. The summed E-state index contributed by atoms with van der Waals surface area (Å²) < 4.78 is 13.2. The van der Waals surface area contributed by atoms with Crippen LogP contribution in [0.5, 0.6) is 0 Å². The number of furan rings is 2. The lowest BCUT2D eigenvalue weighted by Crippen LogP contribution is -2.10. The van der Waals surface area contributed by atoms with Crippen molar-refractivity contribution in [3.8, 4) is 22.3 Å². The second-order valence-corrected chi connectivity index (χ2v) is 12.5. The van der Waals surface area contributed by atoms with Crippen LogP contribution in [0.1, 0.15) is 0 Å². The largest absolute Gasteiger partial charge is 0.456 e. The van der Waals surface area contributed by atoms with Crippen LogP contribution in [0.25, 0.3) is 76.9 Å². The first-order valence-electron chi connectivity index (χ1n) is 16.6. The van der Waals surface area contributed by atoms with E-state index in [-0.39, 0.29) is 0 Å². The van der Waals surface area contributed by atoms with Crippen LogP contribution in [0.15, 0.2) is 185 Å². The van der Waals surface area contributed by atoms with Crippen molar-refractivity contribution < 1.29 is 8.83 Å². The Balaban J connectivity index is 1.30. The number of hydrogen-bond donors (Lipinski definition) is 0. The zero-order chi connectivity index (χ0) is 32.3. The molecule has 8 aromatic carbocycles. The van der Waals surface area contributed by atoms with Crippen LogP contribution in [-0.4, -0.2) is 0 Å². The summed E-state index contributed by atoms with van der Waals surface area (Å²) in [6.07, 6.45) is 0. The third kappa shape index (κ3) is 4.44. The van der Waals surface area contributed by atoms with E-state index in [0.717, 1.165) is 72.1 Å². The summed E-state index contributed by atoms with van der Waals surface area (Å²) in [7, 11) is 0. The molecule has 0 amide bonds. The van der Waals surface area contributed by atoms with Crippen LogP contribution in [-0.2, 0) is 0 Å². The average Bonchev–Trinajstić information content (AvgIpc) is 3.74. The van der Waals surface area contributed by atoms with Gasteiger partial charge in [0.2, 0.25) is 0 Å². The molecule has 230 valence electrons. The van der Waals surface area contributed by atoms with Crippen molar-refractivity contribution in [2.24, 2.45) is 0 Å². The van der Waals surface area contributed by atoms with Crippen LogP contribution in [0.3, 0.4) is 0 Å². The van der Waals surface area contributed by atoms with Crippen molar-refractivity contribution in [3.63, 3.8) is 0 Å². The van der Waals surface area contributed by atoms with Gasteiger partial charge in [-0.15, -0.1) is 0 Å². The lowest BCUT2D eigenvalue weighted by molar-refractivity contribution is 0.663. The van der Waals surface area contributed by atoms with Gasteiger partial charge in [-0.1, -0.05) is 121 Å². The van der Waals surface area contributed by atoms with Gasteiger partial charge in [-0.25, -0.2) is 0 Å². The second-order valence-electron chi connectivity index (χ2n) is 12.5. The first kappa shape index (κ1) is 27.5. The molecule has 2 heterocycles. The first-order chi connectivity index (χ1) is 24.3. The van der Waals surface area contributed by atoms with E-state index in [1.807, 2.05) is 24.3 Å². The average molecular weight is 628 g/mol. The fourth-order valence-electron chi connectivity index (χ4n) is 7.42. The molecule has 0 unspecified atom stereocenters. The van der Waals surface area contributed by atoms with E-state index < -0.39 is 0 Å². The molecular formula is C46H29NO2. The standard InChI is InChI=1S/C46H29NO2/c1-3-12-30(13-4-1)31-22-24-34(25-23-31)47(33-16-5-2-6-17-33)35-28-39(37-20-11-15-32-14-7-8-18-36(32)37)46-40(29-35)45-43(49-46)27-26-42-44(45)38-19-9-10-21-41(38)48-42/h1-29H. The Morgan fingerprint density at radius 1 is 0.347 bits per heavy atom. The number of nitrogens with zero attached hydrogens (tertiary/aromatic N) is 1. The SMILES string of the molecule is c1ccc(-c2ccc(N(c3ccccc3)c3cc(-c4cccc5ccccc45)c4oc5ccc6oc7ccccc7c6c5c4c3)cc2)cc1. The van der Waals surface area contributed by atoms with Gasteiger partial charge in [-0.2, -0.15) is 0 Å². The van der Waals surface area contributed by atoms with Crippen LogP contribution < -0.4 is 4.90 Å². The highest BCUT2D eigenvalue weighted by molar-refractivity contribution is 6.27.